The van der Waals surface area contributed by atoms with Gasteiger partial charge in [0, 0.05) is 0 Å². The van der Waals surface area contributed by atoms with Crippen LogP contribution in [0.3, 0.4) is 0 Å². The zero-order valence-corrected chi connectivity index (χ0v) is 12.4. The van der Waals surface area contributed by atoms with Gasteiger partial charge in [-0.1, -0.05) is 0 Å². The van der Waals surface area contributed by atoms with Crippen molar-refractivity contribution < 1.29 is 18.0 Å². The second kappa shape index (κ2) is 6.96. The van der Waals surface area contributed by atoms with Gasteiger partial charge in [0.2, 0.25) is 0 Å². The number of amides is 1. The molecule has 0 bridgehead atoms. The number of halogens is 3. The van der Waals surface area contributed by atoms with Crippen molar-refractivity contribution in [2.45, 2.75) is 31.4 Å². The van der Waals surface area contributed by atoms with Gasteiger partial charge in [0.15, 0.2) is 0 Å². The predicted octanol–water partition coefficient (Wildman–Crippen LogP) is 2.14. The Hall–Kier alpha value is -1.00. The van der Waals surface area contributed by atoms with Crippen LogP contribution in [0.5, 0.6) is 0 Å². The van der Waals surface area contributed by atoms with Crippen molar-refractivity contribution in [3.8, 4) is 0 Å². The Bertz CT molecular complexity index is 406. The van der Waals surface area contributed by atoms with Crippen molar-refractivity contribution in [2.75, 3.05) is 0 Å². The van der Waals surface area contributed by atoms with E-state index in [1.165, 1.54) is 0 Å². The van der Waals surface area contributed by atoms with E-state index in [0.29, 0.717) is 5.32 Å². The van der Waals surface area contributed by atoms with Crippen molar-refractivity contribution in [2.24, 2.45) is 5.92 Å². The van der Waals surface area contributed by atoms with Gasteiger partial charge in [0.05, 0.1) is 0 Å². The number of benzene rings is 1. The van der Waals surface area contributed by atoms with Crippen molar-refractivity contribution >= 4 is 25.3 Å². The summed E-state index contributed by atoms with van der Waals surface area (Å²) in [7, 11) is 0. The van der Waals surface area contributed by atoms with Crippen molar-refractivity contribution in [3.63, 3.8) is 0 Å². The number of carbonyl (C=O) groups excluding carboxylic acids is 1. The Kier molecular flexibility index (Phi) is 5.88. The molecular formula is C13H16F3NOSe. The molecule has 0 saturated heterocycles. The van der Waals surface area contributed by atoms with Crippen LogP contribution in [0.15, 0.2) is 30.3 Å². The van der Waals surface area contributed by atoms with Crippen LogP contribution in [0.4, 0.5) is 13.2 Å². The van der Waals surface area contributed by atoms with E-state index in [9.17, 15) is 18.0 Å². The summed E-state index contributed by atoms with van der Waals surface area (Å²) >= 11 is 0.0507. The third-order valence-corrected chi connectivity index (χ3v) is 4.92. The maximum atomic E-state index is 12.2. The molecule has 19 heavy (non-hydrogen) atoms. The van der Waals surface area contributed by atoms with Gasteiger partial charge in [-0.3, -0.25) is 0 Å². The van der Waals surface area contributed by atoms with Crippen LogP contribution in [0.1, 0.15) is 13.8 Å². The van der Waals surface area contributed by atoms with E-state index in [-0.39, 0.29) is 20.9 Å². The molecule has 1 atom stereocenters. The summed E-state index contributed by atoms with van der Waals surface area (Å²) in [6.07, 6.45) is -4.81. The van der Waals surface area contributed by atoms with E-state index in [4.69, 9.17) is 0 Å². The summed E-state index contributed by atoms with van der Waals surface area (Å²) < 4.78 is 37.8. The number of carbonyl (C=O) groups is 1. The van der Waals surface area contributed by atoms with Crippen LogP contribution in [-0.2, 0) is 4.79 Å². The van der Waals surface area contributed by atoms with Gasteiger partial charge in [0.25, 0.3) is 0 Å². The average molecular weight is 338 g/mol. The number of hydrogen-bond acceptors (Lipinski definition) is 1. The first-order valence-corrected chi connectivity index (χ1v) is 7.93. The summed E-state index contributed by atoms with van der Waals surface area (Å²) in [6.45, 7) is 3.62. The molecule has 106 valence electrons. The van der Waals surface area contributed by atoms with E-state index < -0.39 is 18.1 Å². The quantitative estimate of drug-likeness (QED) is 0.819. The Morgan fingerprint density at radius 1 is 1.26 bits per heavy atom. The molecule has 0 radical (unpaired) electrons. The zero-order valence-electron chi connectivity index (χ0n) is 10.7. The molecule has 1 aromatic rings. The fourth-order valence-corrected chi connectivity index (χ4v) is 3.85. The molecule has 1 rings (SSSR count). The number of alkyl halides is 3. The summed E-state index contributed by atoms with van der Waals surface area (Å²) in [6, 6.07) is 9.14. The molecule has 0 aliphatic carbocycles. The van der Waals surface area contributed by atoms with Crippen LogP contribution >= 0.6 is 0 Å². The molecule has 0 aliphatic heterocycles. The van der Waals surface area contributed by atoms with Crippen LogP contribution in [0.2, 0.25) is 5.32 Å². The second-order valence-electron chi connectivity index (χ2n) is 4.45. The third kappa shape index (κ3) is 5.66. The first kappa shape index (κ1) is 16.1. The first-order valence-electron chi connectivity index (χ1n) is 5.86. The SMILES string of the molecule is CC(C)[C@@H](C[Se]c1ccccc1)NC(=O)C(F)(F)F. The van der Waals surface area contributed by atoms with E-state index in [1.807, 2.05) is 44.2 Å². The van der Waals surface area contributed by atoms with Gasteiger partial charge in [-0.05, 0) is 0 Å². The molecule has 0 fully saturated rings. The van der Waals surface area contributed by atoms with Gasteiger partial charge in [-0.15, -0.1) is 0 Å². The first-order chi connectivity index (χ1) is 8.80. The molecule has 0 spiro atoms. The molecule has 0 heterocycles. The standard InChI is InChI=1S/C13H16F3NOSe/c1-9(2)11(17-12(18)13(14,15)16)8-19-10-6-4-3-5-7-10/h3-7,9,11H,8H2,1-2H3,(H,17,18)/t11-/m1/s1. The summed E-state index contributed by atoms with van der Waals surface area (Å²) in [5.41, 5.74) is 0. The number of rotatable bonds is 5. The Labute approximate surface area is 116 Å². The molecule has 0 unspecified atom stereocenters. The van der Waals surface area contributed by atoms with E-state index in [2.05, 4.69) is 5.32 Å². The van der Waals surface area contributed by atoms with Crippen LogP contribution in [0.25, 0.3) is 0 Å². The predicted molar refractivity (Wildman–Crippen MR) is 69.5 cm³/mol. The monoisotopic (exact) mass is 339 g/mol. The topological polar surface area (TPSA) is 29.1 Å². The van der Waals surface area contributed by atoms with E-state index >= 15 is 0 Å². The fourth-order valence-electron chi connectivity index (χ4n) is 1.35. The van der Waals surface area contributed by atoms with E-state index in [0.717, 1.165) is 4.46 Å². The third-order valence-electron chi connectivity index (χ3n) is 2.55. The Morgan fingerprint density at radius 3 is 2.32 bits per heavy atom. The number of hydrogen-bond donors (Lipinski definition) is 1. The number of nitrogens with one attached hydrogen (secondary N) is 1. The molecule has 1 amide bonds. The van der Waals surface area contributed by atoms with E-state index in [1.54, 1.807) is 0 Å². The normalized spacial score (nSPS) is 13.4. The molecule has 6 heteroatoms. The Balaban J connectivity index is 2.57. The second-order valence-corrected chi connectivity index (χ2v) is 6.74. The summed E-state index contributed by atoms with van der Waals surface area (Å²) in [5, 5.41) is 2.63. The fraction of sp³-hybridized carbons (Fsp3) is 0.462. The van der Waals surface area contributed by atoms with Crippen molar-refractivity contribution in [1.29, 1.82) is 0 Å². The van der Waals surface area contributed by atoms with Gasteiger partial charge >= 0.3 is 116 Å². The molecule has 1 aromatic carbocycles. The molecule has 0 saturated carbocycles. The summed E-state index contributed by atoms with van der Waals surface area (Å²) in [4.78, 5) is 11.0. The minimum absolute atomic E-state index is 0.0307. The van der Waals surface area contributed by atoms with Gasteiger partial charge in [-0.2, -0.15) is 0 Å². The van der Waals surface area contributed by atoms with Crippen molar-refractivity contribution in [1.82, 2.24) is 5.32 Å². The van der Waals surface area contributed by atoms with Gasteiger partial charge in [-0.25, -0.2) is 0 Å². The van der Waals surface area contributed by atoms with Gasteiger partial charge < -0.3 is 0 Å². The summed E-state index contributed by atoms with van der Waals surface area (Å²) in [5.74, 6) is -1.88. The molecular weight excluding hydrogens is 322 g/mol. The molecule has 2 nitrogen and oxygen atoms in total. The van der Waals surface area contributed by atoms with Crippen LogP contribution < -0.4 is 9.78 Å². The molecule has 1 N–H and O–H groups in total. The average Bonchev–Trinajstić information content (AvgIpc) is 2.33. The maximum absolute atomic E-state index is 12.2. The van der Waals surface area contributed by atoms with Crippen molar-refractivity contribution in [3.05, 3.63) is 30.3 Å². The minimum atomic E-state index is -4.81. The zero-order chi connectivity index (χ0) is 14.5. The van der Waals surface area contributed by atoms with Crippen LogP contribution in [0, 0.1) is 5.92 Å². The molecule has 0 aliphatic rings. The van der Waals surface area contributed by atoms with Crippen LogP contribution in [-0.4, -0.2) is 33.1 Å². The van der Waals surface area contributed by atoms with Gasteiger partial charge in [0.1, 0.15) is 0 Å². The molecule has 0 aromatic heterocycles. The Morgan fingerprint density at radius 2 is 1.84 bits per heavy atom.